The Balaban J connectivity index is 3.46. The summed E-state index contributed by atoms with van der Waals surface area (Å²) in [5.41, 5.74) is 0. The average Bonchev–Trinajstić information content (AvgIpc) is 2.02. The van der Waals surface area contributed by atoms with Crippen molar-refractivity contribution in [2.75, 3.05) is 13.2 Å². The molecule has 1 atom stereocenters. The first-order valence-electron chi connectivity index (χ1n) is 3.75. The van der Waals surface area contributed by atoms with Crippen LogP contribution in [-0.4, -0.2) is 39.8 Å². The summed E-state index contributed by atoms with van der Waals surface area (Å²) in [6.45, 7) is -0.261. The van der Waals surface area contributed by atoms with Gasteiger partial charge in [-0.15, -0.1) is 0 Å². The van der Waals surface area contributed by atoms with Gasteiger partial charge in [0, 0.05) is 6.61 Å². The molecule has 0 aliphatic heterocycles. The topological polar surface area (TPSA) is 90.0 Å². The van der Waals surface area contributed by atoms with Crippen LogP contribution < -0.4 is 0 Å². The van der Waals surface area contributed by atoms with Crippen molar-refractivity contribution >= 4 is 0 Å². The highest BCUT2D eigenvalue weighted by Crippen LogP contribution is 2.03. The van der Waals surface area contributed by atoms with E-state index in [-0.39, 0.29) is 13.2 Å². The summed E-state index contributed by atoms with van der Waals surface area (Å²) in [5.74, 6) is 0. The molecule has 0 aliphatic carbocycles. The lowest BCUT2D eigenvalue weighted by atomic mass is 10.2. The second-order valence-corrected chi connectivity index (χ2v) is 2.37. The van der Waals surface area contributed by atoms with Gasteiger partial charge in [0.2, 0.25) is 6.10 Å². The summed E-state index contributed by atoms with van der Waals surface area (Å²) >= 11 is 0. The Morgan fingerprint density at radius 3 is 2.42 bits per heavy atom. The minimum Gasteiger partial charge on any atom is -0.396 e. The second-order valence-electron chi connectivity index (χ2n) is 2.37. The van der Waals surface area contributed by atoms with Gasteiger partial charge >= 0.3 is 5.09 Å². The molecule has 12 heavy (non-hydrogen) atoms. The molecular formula is C6H14NO5+. The fraction of sp³-hybridized carbons (Fsp3) is 1.00. The number of nitrogens with zero attached hydrogens (tertiary/aromatic N) is 1. The first-order valence-corrected chi connectivity index (χ1v) is 3.75. The van der Waals surface area contributed by atoms with Gasteiger partial charge < -0.3 is 10.2 Å². The van der Waals surface area contributed by atoms with Crippen molar-refractivity contribution in [3.8, 4) is 0 Å². The smallest absolute Gasteiger partial charge is 0.396 e. The first-order chi connectivity index (χ1) is 5.70. The molecule has 0 saturated carbocycles. The van der Waals surface area contributed by atoms with Crippen molar-refractivity contribution in [2.45, 2.75) is 25.4 Å². The molecule has 0 aromatic heterocycles. The molecule has 1 unspecified atom stereocenters. The number of hydrogen-bond donors (Lipinski definition) is 3. The minimum absolute atomic E-state index is 0.0678. The third-order valence-corrected chi connectivity index (χ3v) is 1.38. The lowest BCUT2D eigenvalue weighted by Crippen LogP contribution is -2.22. The standard InChI is InChI=1S/C6H14NO5/c8-4-2-1-3-6(5-9)12-7(10)11/h6,8-9H,1-5H2,(H,10,11)/q+1. The van der Waals surface area contributed by atoms with Gasteiger partial charge in [0.05, 0.1) is 6.61 Å². The molecule has 0 aliphatic rings. The van der Waals surface area contributed by atoms with E-state index in [4.69, 9.17) is 15.4 Å². The average molecular weight is 180 g/mol. The first kappa shape index (κ1) is 11.1. The zero-order valence-corrected chi connectivity index (χ0v) is 6.72. The molecule has 0 heterocycles. The van der Waals surface area contributed by atoms with Crippen LogP contribution in [-0.2, 0) is 4.84 Å². The van der Waals surface area contributed by atoms with Gasteiger partial charge in [-0.2, -0.15) is 4.84 Å². The molecule has 0 amide bonds. The Labute approximate surface area is 69.9 Å². The van der Waals surface area contributed by atoms with E-state index in [2.05, 4.69) is 4.84 Å². The SMILES string of the molecule is O=[N+](O)OC(CO)CCCCO. The monoisotopic (exact) mass is 180 g/mol. The number of aliphatic hydroxyl groups excluding tert-OH is 2. The Bertz CT molecular complexity index is 129. The van der Waals surface area contributed by atoms with E-state index in [1.165, 1.54) is 0 Å². The summed E-state index contributed by atoms with van der Waals surface area (Å²) in [6.07, 6.45) is 0.954. The van der Waals surface area contributed by atoms with Crippen molar-refractivity contribution in [3.63, 3.8) is 0 Å². The Morgan fingerprint density at radius 2 is 2.00 bits per heavy atom. The van der Waals surface area contributed by atoms with Gasteiger partial charge in [0.1, 0.15) is 4.91 Å². The van der Waals surface area contributed by atoms with Crippen molar-refractivity contribution in [1.82, 2.24) is 0 Å². The lowest BCUT2D eigenvalue weighted by Gasteiger charge is -2.04. The van der Waals surface area contributed by atoms with Gasteiger partial charge in [-0.05, 0) is 19.3 Å². The fourth-order valence-electron chi connectivity index (χ4n) is 0.789. The maximum Gasteiger partial charge on any atom is 0.475 e. The Hall–Kier alpha value is -0.880. The van der Waals surface area contributed by atoms with Crippen LogP contribution in [0.1, 0.15) is 19.3 Å². The molecule has 0 saturated heterocycles. The molecule has 6 nitrogen and oxygen atoms in total. The van der Waals surface area contributed by atoms with Gasteiger partial charge in [0.25, 0.3) is 0 Å². The predicted molar refractivity (Wildman–Crippen MR) is 38.3 cm³/mol. The van der Waals surface area contributed by atoms with Crippen molar-refractivity contribution in [2.24, 2.45) is 0 Å². The predicted octanol–water partition coefficient (Wildman–Crippen LogP) is -0.390. The van der Waals surface area contributed by atoms with E-state index in [1.54, 1.807) is 0 Å². The van der Waals surface area contributed by atoms with Crippen molar-refractivity contribution in [3.05, 3.63) is 4.91 Å². The largest absolute Gasteiger partial charge is 0.475 e. The van der Waals surface area contributed by atoms with Crippen molar-refractivity contribution in [1.29, 1.82) is 0 Å². The summed E-state index contributed by atoms with van der Waals surface area (Å²) < 4.78 is 0. The lowest BCUT2D eigenvalue weighted by molar-refractivity contribution is -0.981. The highest BCUT2D eigenvalue weighted by atomic mass is 17.0. The number of unbranched alkanes of at least 4 members (excludes halogenated alkanes) is 1. The Kier molecular flexibility index (Phi) is 6.31. The number of rotatable bonds is 7. The summed E-state index contributed by atoms with van der Waals surface area (Å²) in [6, 6.07) is 0. The van der Waals surface area contributed by atoms with Gasteiger partial charge in [-0.1, -0.05) is 0 Å². The normalized spacial score (nSPS) is 12.5. The third kappa shape index (κ3) is 5.87. The van der Waals surface area contributed by atoms with E-state index in [0.717, 1.165) is 0 Å². The molecule has 3 N–H and O–H groups in total. The highest BCUT2D eigenvalue weighted by Gasteiger charge is 2.17. The third-order valence-electron chi connectivity index (χ3n) is 1.38. The van der Waals surface area contributed by atoms with Crippen LogP contribution in [0.15, 0.2) is 0 Å². The molecule has 0 aromatic carbocycles. The fourth-order valence-corrected chi connectivity index (χ4v) is 0.789. The molecule has 0 spiro atoms. The zero-order valence-electron chi connectivity index (χ0n) is 6.72. The van der Waals surface area contributed by atoms with E-state index in [0.29, 0.717) is 19.3 Å². The number of hydrogen-bond acceptors (Lipinski definition) is 4. The summed E-state index contributed by atoms with van der Waals surface area (Å²) in [7, 11) is 0. The van der Waals surface area contributed by atoms with Crippen LogP contribution in [0.3, 0.4) is 0 Å². The molecule has 0 fully saturated rings. The van der Waals surface area contributed by atoms with Crippen LogP contribution in [0.25, 0.3) is 0 Å². The molecule has 0 bridgehead atoms. The van der Waals surface area contributed by atoms with Crippen molar-refractivity contribution < 1.29 is 25.3 Å². The molecular weight excluding hydrogens is 166 g/mol. The molecule has 0 rings (SSSR count). The van der Waals surface area contributed by atoms with E-state index >= 15 is 0 Å². The van der Waals surface area contributed by atoms with E-state index < -0.39 is 11.2 Å². The van der Waals surface area contributed by atoms with Gasteiger partial charge in [0.15, 0.2) is 0 Å². The zero-order chi connectivity index (χ0) is 9.40. The van der Waals surface area contributed by atoms with Crippen LogP contribution in [0.2, 0.25) is 0 Å². The Morgan fingerprint density at radius 1 is 1.33 bits per heavy atom. The van der Waals surface area contributed by atoms with Gasteiger partial charge in [-0.3, -0.25) is 0 Å². The van der Waals surface area contributed by atoms with Crippen LogP contribution in [0, 0.1) is 4.91 Å². The molecule has 72 valence electrons. The molecule has 0 aromatic rings. The second kappa shape index (κ2) is 6.81. The maximum absolute atomic E-state index is 9.94. The van der Waals surface area contributed by atoms with E-state index in [1.807, 2.05) is 0 Å². The van der Waals surface area contributed by atoms with E-state index in [9.17, 15) is 4.91 Å². The van der Waals surface area contributed by atoms with Crippen LogP contribution in [0.4, 0.5) is 0 Å². The molecule has 0 radical (unpaired) electrons. The minimum atomic E-state index is -0.695. The quantitative estimate of drug-likeness (QED) is 0.366. The van der Waals surface area contributed by atoms with Crippen LogP contribution in [0.5, 0.6) is 0 Å². The maximum atomic E-state index is 9.94. The highest BCUT2D eigenvalue weighted by molar-refractivity contribution is 4.53. The number of aliphatic hydroxyl groups is 2. The molecule has 6 heteroatoms. The summed E-state index contributed by atoms with van der Waals surface area (Å²) in [4.78, 5) is 14.2. The van der Waals surface area contributed by atoms with Gasteiger partial charge in [-0.25, -0.2) is 5.21 Å². The van der Waals surface area contributed by atoms with Crippen LogP contribution >= 0.6 is 0 Å². The summed E-state index contributed by atoms with van der Waals surface area (Å²) in [5, 5.41) is 24.5.